The average Bonchev–Trinajstić information content (AvgIpc) is 2.55. The van der Waals surface area contributed by atoms with Crippen molar-refractivity contribution in [3.05, 3.63) is 64.7 Å². The molecule has 27 heavy (non-hydrogen) atoms. The highest BCUT2D eigenvalue weighted by atomic mass is 35.5. The Morgan fingerprint density at radius 1 is 1.00 bits per heavy atom. The average molecular weight is 426 g/mol. The molecule has 0 atom stereocenters. The maximum absolute atomic E-state index is 12.2. The summed E-state index contributed by atoms with van der Waals surface area (Å²) in [5, 5.41) is 0.489. The molecule has 1 N–H and O–H groups in total. The molecule has 0 amide bonds. The lowest BCUT2D eigenvalue weighted by Gasteiger charge is -2.17. The molecule has 0 saturated carbocycles. The predicted molar refractivity (Wildman–Crippen MR) is 110 cm³/mol. The quantitative estimate of drug-likeness (QED) is 0.653. The van der Waals surface area contributed by atoms with Crippen LogP contribution in [0.2, 0.25) is 24.7 Å². The molecule has 0 aliphatic carbocycles. The van der Waals surface area contributed by atoms with Gasteiger partial charge in [0, 0.05) is 11.6 Å². The molecule has 0 bridgehead atoms. The summed E-state index contributed by atoms with van der Waals surface area (Å²) in [4.78, 5) is 12.1. The molecule has 0 saturated heterocycles. The fraction of sp³-hybridized carbons (Fsp3) is 0.316. The SMILES string of the molecule is C[Si](C)(C)OC(=O)Cc1ccc(CCNS(=O)(=O)c2ccc(Cl)cc2)cc1. The zero-order valence-corrected chi connectivity index (χ0v) is 18.2. The number of benzene rings is 2. The van der Waals surface area contributed by atoms with Crippen molar-refractivity contribution >= 4 is 35.9 Å². The van der Waals surface area contributed by atoms with E-state index in [0.29, 0.717) is 11.4 Å². The number of carbonyl (C=O) groups excluding carboxylic acids is 1. The Morgan fingerprint density at radius 2 is 1.56 bits per heavy atom. The van der Waals surface area contributed by atoms with Crippen LogP contribution in [0.25, 0.3) is 0 Å². The fourth-order valence-corrected chi connectivity index (χ4v) is 4.31. The first kappa shape index (κ1) is 21.6. The van der Waals surface area contributed by atoms with Gasteiger partial charge < -0.3 is 4.43 Å². The Morgan fingerprint density at radius 3 is 2.11 bits per heavy atom. The van der Waals surface area contributed by atoms with Crippen LogP contribution in [0.4, 0.5) is 0 Å². The van der Waals surface area contributed by atoms with Crippen molar-refractivity contribution in [2.75, 3.05) is 6.54 Å². The van der Waals surface area contributed by atoms with Gasteiger partial charge >= 0.3 is 0 Å². The largest absolute Gasteiger partial charge is 0.520 e. The highest BCUT2D eigenvalue weighted by Crippen LogP contribution is 2.14. The van der Waals surface area contributed by atoms with Gasteiger partial charge in [0.15, 0.2) is 0 Å². The molecule has 5 nitrogen and oxygen atoms in total. The lowest BCUT2D eigenvalue weighted by Crippen LogP contribution is -2.29. The molecule has 2 aromatic carbocycles. The van der Waals surface area contributed by atoms with E-state index in [2.05, 4.69) is 4.72 Å². The minimum absolute atomic E-state index is 0.183. The fourth-order valence-electron chi connectivity index (χ4n) is 2.39. The van der Waals surface area contributed by atoms with Crippen molar-refractivity contribution in [1.29, 1.82) is 0 Å². The molecule has 0 aliphatic rings. The molecule has 2 rings (SSSR count). The molecule has 0 spiro atoms. The maximum Gasteiger partial charge on any atom is 0.296 e. The van der Waals surface area contributed by atoms with E-state index in [0.717, 1.165) is 11.1 Å². The monoisotopic (exact) mass is 425 g/mol. The lowest BCUT2D eigenvalue weighted by atomic mass is 10.1. The first-order chi connectivity index (χ1) is 12.5. The zero-order valence-electron chi connectivity index (χ0n) is 15.7. The van der Waals surface area contributed by atoms with E-state index in [4.69, 9.17) is 16.0 Å². The molecule has 146 valence electrons. The second-order valence-corrected chi connectivity index (χ2v) is 13.8. The third-order valence-corrected chi connectivity index (χ3v) is 6.19. The van der Waals surface area contributed by atoms with Crippen LogP contribution < -0.4 is 4.72 Å². The molecular weight excluding hydrogens is 402 g/mol. The summed E-state index contributed by atoms with van der Waals surface area (Å²) in [5.74, 6) is -0.211. The molecule has 0 aromatic heterocycles. The minimum Gasteiger partial charge on any atom is -0.520 e. The van der Waals surface area contributed by atoms with Crippen molar-refractivity contribution in [3.8, 4) is 0 Å². The number of carbonyl (C=O) groups is 1. The van der Waals surface area contributed by atoms with E-state index >= 15 is 0 Å². The van der Waals surface area contributed by atoms with Gasteiger partial charge in [0.05, 0.1) is 11.3 Å². The summed E-state index contributed by atoms with van der Waals surface area (Å²) in [5.41, 5.74) is 1.86. The third-order valence-electron chi connectivity index (χ3n) is 3.62. The van der Waals surface area contributed by atoms with Gasteiger partial charge in [0.2, 0.25) is 18.3 Å². The number of nitrogens with one attached hydrogen (secondary N) is 1. The van der Waals surface area contributed by atoms with Crippen LogP contribution in [0.3, 0.4) is 0 Å². The smallest absolute Gasteiger partial charge is 0.296 e. The van der Waals surface area contributed by atoms with Crippen molar-refractivity contribution in [2.45, 2.75) is 37.4 Å². The molecule has 0 unspecified atom stereocenters. The highest BCUT2D eigenvalue weighted by Gasteiger charge is 2.20. The summed E-state index contributed by atoms with van der Waals surface area (Å²) >= 11 is 5.78. The second-order valence-electron chi connectivity index (χ2n) is 7.18. The topological polar surface area (TPSA) is 72.5 Å². The van der Waals surface area contributed by atoms with Crippen LogP contribution in [-0.4, -0.2) is 29.2 Å². The van der Waals surface area contributed by atoms with Crippen LogP contribution in [0.15, 0.2) is 53.4 Å². The first-order valence-electron chi connectivity index (χ1n) is 8.60. The van der Waals surface area contributed by atoms with Gasteiger partial charge in [-0.05, 0) is 61.5 Å². The van der Waals surface area contributed by atoms with Crippen molar-refractivity contribution in [3.63, 3.8) is 0 Å². The van der Waals surface area contributed by atoms with Gasteiger partial charge in [0.1, 0.15) is 0 Å². The Labute approximate surface area is 166 Å². The van der Waals surface area contributed by atoms with E-state index in [-0.39, 0.29) is 23.8 Å². The van der Waals surface area contributed by atoms with Crippen molar-refractivity contribution < 1.29 is 17.6 Å². The number of halogens is 1. The Balaban J connectivity index is 1.86. The lowest BCUT2D eigenvalue weighted by molar-refractivity contribution is -0.134. The van der Waals surface area contributed by atoms with Gasteiger partial charge in [0.25, 0.3) is 5.97 Å². The summed E-state index contributed by atoms with van der Waals surface area (Å²) < 4.78 is 32.5. The summed E-state index contributed by atoms with van der Waals surface area (Å²) in [7, 11) is -5.43. The van der Waals surface area contributed by atoms with Gasteiger partial charge in [-0.2, -0.15) is 0 Å². The molecule has 0 fully saturated rings. The van der Waals surface area contributed by atoms with E-state index in [1.807, 2.05) is 43.9 Å². The van der Waals surface area contributed by atoms with Crippen LogP contribution in [0, 0.1) is 0 Å². The predicted octanol–water partition coefficient (Wildman–Crippen LogP) is 3.78. The summed E-state index contributed by atoms with van der Waals surface area (Å²) in [6, 6.07) is 13.6. The highest BCUT2D eigenvalue weighted by molar-refractivity contribution is 7.89. The molecule has 2 aromatic rings. The molecule has 8 heteroatoms. The second kappa shape index (κ2) is 9.01. The Hall–Kier alpha value is -1.67. The number of hydrogen-bond donors (Lipinski definition) is 1. The summed E-state index contributed by atoms with van der Waals surface area (Å²) in [6.45, 7) is 6.19. The molecule has 0 heterocycles. The van der Waals surface area contributed by atoms with Gasteiger partial charge in [-0.1, -0.05) is 35.9 Å². The standard InChI is InChI=1S/C19H24ClNO4SSi/c1-27(2,3)25-19(22)14-16-6-4-15(5-7-16)12-13-21-26(23,24)18-10-8-17(20)9-11-18/h4-11,21H,12-14H2,1-3H3. The third kappa shape index (κ3) is 7.46. The minimum atomic E-state index is -3.55. The first-order valence-corrected chi connectivity index (χ1v) is 13.9. The van der Waals surface area contributed by atoms with Crippen molar-refractivity contribution in [1.82, 2.24) is 4.72 Å². The summed E-state index contributed by atoms with van der Waals surface area (Å²) in [6.07, 6.45) is 0.792. The molecule has 0 radical (unpaired) electrons. The number of rotatable bonds is 8. The van der Waals surface area contributed by atoms with Gasteiger partial charge in [-0.15, -0.1) is 0 Å². The van der Waals surface area contributed by atoms with Crippen molar-refractivity contribution in [2.24, 2.45) is 0 Å². The number of hydrogen-bond acceptors (Lipinski definition) is 4. The maximum atomic E-state index is 12.2. The molecular formula is C19H24ClNO4SSi. The van der Waals surface area contributed by atoms with Gasteiger partial charge in [-0.25, -0.2) is 13.1 Å². The van der Waals surface area contributed by atoms with E-state index in [9.17, 15) is 13.2 Å². The van der Waals surface area contributed by atoms with E-state index in [1.165, 1.54) is 12.1 Å². The Kier molecular flexibility index (Phi) is 7.22. The van der Waals surface area contributed by atoms with Crippen LogP contribution in [0.5, 0.6) is 0 Å². The molecule has 0 aliphatic heterocycles. The van der Waals surface area contributed by atoms with Crippen LogP contribution in [0.1, 0.15) is 11.1 Å². The van der Waals surface area contributed by atoms with Crippen LogP contribution >= 0.6 is 11.6 Å². The zero-order chi connectivity index (χ0) is 20.1. The number of sulfonamides is 1. The van der Waals surface area contributed by atoms with E-state index < -0.39 is 18.3 Å². The van der Waals surface area contributed by atoms with E-state index in [1.54, 1.807) is 12.1 Å². The Bertz CT molecular complexity index is 875. The normalized spacial score (nSPS) is 12.0. The van der Waals surface area contributed by atoms with Crippen LogP contribution in [-0.2, 0) is 32.1 Å². The van der Waals surface area contributed by atoms with Gasteiger partial charge in [-0.3, -0.25) is 4.79 Å².